The number of imide groups is 1. The molecule has 0 radical (unpaired) electrons. The summed E-state index contributed by atoms with van der Waals surface area (Å²) in [4.78, 5) is 47.4. The van der Waals surface area contributed by atoms with E-state index in [0.717, 1.165) is 17.2 Å². The average molecular weight is 328 g/mol. The predicted octanol–water partition coefficient (Wildman–Crippen LogP) is 0.945. The zero-order valence-corrected chi connectivity index (χ0v) is 13.3. The molecule has 1 fully saturated rings. The largest absolute Gasteiger partial charge is 0.450 e. The number of rotatable bonds is 2. The van der Waals surface area contributed by atoms with Crippen LogP contribution in [0.5, 0.6) is 0 Å². The SMILES string of the molecule is Cc1ccc2c(=O)cc(C(=O)NC3CCC(=O)NC3=O)oc2c1C. The van der Waals surface area contributed by atoms with Crippen LogP contribution in [0.25, 0.3) is 11.0 Å². The summed E-state index contributed by atoms with van der Waals surface area (Å²) in [6.07, 6.45) is 0.364. The zero-order valence-electron chi connectivity index (χ0n) is 13.3. The van der Waals surface area contributed by atoms with E-state index in [9.17, 15) is 19.2 Å². The highest BCUT2D eigenvalue weighted by atomic mass is 16.3. The molecule has 7 nitrogen and oxygen atoms in total. The second-order valence-electron chi connectivity index (χ2n) is 5.84. The first-order valence-electron chi connectivity index (χ1n) is 7.55. The van der Waals surface area contributed by atoms with Gasteiger partial charge in [-0.05, 0) is 37.5 Å². The van der Waals surface area contributed by atoms with Gasteiger partial charge in [-0.2, -0.15) is 0 Å². The normalized spacial score (nSPS) is 17.7. The van der Waals surface area contributed by atoms with Crippen LogP contribution in [0.2, 0.25) is 0 Å². The second-order valence-corrected chi connectivity index (χ2v) is 5.84. The molecule has 3 amide bonds. The fourth-order valence-electron chi connectivity index (χ4n) is 2.62. The summed E-state index contributed by atoms with van der Waals surface area (Å²) in [5, 5.41) is 5.05. The van der Waals surface area contributed by atoms with Crippen LogP contribution in [0.1, 0.15) is 34.5 Å². The molecule has 24 heavy (non-hydrogen) atoms. The summed E-state index contributed by atoms with van der Waals surface area (Å²) in [5.74, 6) is -1.75. The second kappa shape index (κ2) is 5.92. The van der Waals surface area contributed by atoms with Gasteiger partial charge in [0.05, 0.1) is 5.39 Å². The van der Waals surface area contributed by atoms with E-state index in [1.165, 1.54) is 0 Å². The molecule has 1 aliphatic rings. The standard InChI is InChI=1S/C17H16N2O5/c1-8-3-4-10-12(20)7-13(24-15(10)9(8)2)17(23)18-11-5-6-14(21)19-16(11)22/h3-4,7,11H,5-6H2,1-2H3,(H,18,23)(H,19,21,22). The molecule has 0 bridgehead atoms. The highest BCUT2D eigenvalue weighted by molar-refractivity contribution is 6.03. The molecule has 2 heterocycles. The van der Waals surface area contributed by atoms with Gasteiger partial charge in [-0.3, -0.25) is 24.5 Å². The minimum Gasteiger partial charge on any atom is -0.450 e. The first-order chi connectivity index (χ1) is 11.4. The van der Waals surface area contributed by atoms with Gasteiger partial charge < -0.3 is 9.73 Å². The molecule has 1 atom stereocenters. The highest BCUT2D eigenvalue weighted by Crippen LogP contribution is 2.20. The quantitative estimate of drug-likeness (QED) is 0.798. The molecule has 1 aliphatic heterocycles. The lowest BCUT2D eigenvalue weighted by Crippen LogP contribution is -2.52. The Morgan fingerprint density at radius 3 is 2.71 bits per heavy atom. The van der Waals surface area contributed by atoms with E-state index < -0.39 is 17.9 Å². The topological polar surface area (TPSA) is 105 Å². The maximum Gasteiger partial charge on any atom is 0.287 e. The van der Waals surface area contributed by atoms with E-state index >= 15 is 0 Å². The molecule has 7 heteroatoms. The van der Waals surface area contributed by atoms with Crippen LogP contribution in [0.15, 0.2) is 27.4 Å². The molecular formula is C17H16N2O5. The Bertz CT molecular complexity index is 928. The molecular weight excluding hydrogens is 312 g/mol. The van der Waals surface area contributed by atoms with Crippen LogP contribution in [-0.4, -0.2) is 23.8 Å². The van der Waals surface area contributed by atoms with Gasteiger partial charge in [0.25, 0.3) is 5.91 Å². The van der Waals surface area contributed by atoms with E-state index in [1.54, 1.807) is 6.07 Å². The van der Waals surface area contributed by atoms with E-state index in [0.29, 0.717) is 11.0 Å². The molecule has 0 spiro atoms. The molecule has 2 N–H and O–H groups in total. The third-order valence-corrected chi connectivity index (χ3v) is 4.18. The third kappa shape index (κ3) is 2.80. The Balaban J connectivity index is 1.93. The molecule has 1 aromatic carbocycles. The monoisotopic (exact) mass is 328 g/mol. The number of amides is 3. The molecule has 1 aromatic heterocycles. The summed E-state index contributed by atoms with van der Waals surface area (Å²) >= 11 is 0. The van der Waals surface area contributed by atoms with Crippen molar-refractivity contribution in [1.29, 1.82) is 0 Å². The predicted molar refractivity (Wildman–Crippen MR) is 85.6 cm³/mol. The maximum absolute atomic E-state index is 12.3. The van der Waals surface area contributed by atoms with Crippen molar-refractivity contribution in [3.63, 3.8) is 0 Å². The number of carbonyl (C=O) groups excluding carboxylic acids is 3. The smallest absolute Gasteiger partial charge is 0.287 e. The molecule has 3 rings (SSSR count). The van der Waals surface area contributed by atoms with E-state index in [1.807, 2.05) is 19.9 Å². The summed E-state index contributed by atoms with van der Waals surface area (Å²) < 4.78 is 5.60. The van der Waals surface area contributed by atoms with Crippen molar-refractivity contribution < 1.29 is 18.8 Å². The van der Waals surface area contributed by atoms with Gasteiger partial charge in [-0.1, -0.05) is 6.07 Å². The number of benzene rings is 1. The first-order valence-corrected chi connectivity index (χ1v) is 7.55. The summed E-state index contributed by atoms with van der Waals surface area (Å²) in [5.41, 5.74) is 1.75. The van der Waals surface area contributed by atoms with Gasteiger partial charge in [0.15, 0.2) is 11.2 Å². The lowest BCUT2D eigenvalue weighted by Gasteiger charge is -2.21. The Morgan fingerprint density at radius 1 is 1.25 bits per heavy atom. The first kappa shape index (κ1) is 15.9. The molecule has 1 saturated heterocycles. The third-order valence-electron chi connectivity index (χ3n) is 4.18. The van der Waals surface area contributed by atoms with Crippen LogP contribution in [0.4, 0.5) is 0 Å². The summed E-state index contributed by atoms with van der Waals surface area (Å²) in [6.45, 7) is 3.69. The van der Waals surface area contributed by atoms with Crippen LogP contribution >= 0.6 is 0 Å². The molecule has 0 saturated carbocycles. The fraction of sp³-hybridized carbons (Fsp3) is 0.294. The van der Waals surface area contributed by atoms with Crippen molar-refractivity contribution in [2.75, 3.05) is 0 Å². The molecule has 2 aromatic rings. The van der Waals surface area contributed by atoms with E-state index in [4.69, 9.17) is 4.42 Å². The number of nitrogens with one attached hydrogen (secondary N) is 2. The van der Waals surface area contributed by atoms with Gasteiger partial charge in [0.2, 0.25) is 11.8 Å². The van der Waals surface area contributed by atoms with Crippen molar-refractivity contribution in [3.05, 3.63) is 45.3 Å². The number of aryl methyl sites for hydroxylation is 2. The van der Waals surface area contributed by atoms with Gasteiger partial charge in [0.1, 0.15) is 11.6 Å². The van der Waals surface area contributed by atoms with Crippen molar-refractivity contribution in [2.45, 2.75) is 32.7 Å². The van der Waals surface area contributed by atoms with Gasteiger partial charge in [-0.15, -0.1) is 0 Å². The van der Waals surface area contributed by atoms with Crippen LogP contribution in [-0.2, 0) is 9.59 Å². The Labute approximate surface area is 137 Å². The van der Waals surface area contributed by atoms with Crippen LogP contribution < -0.4 is 16.1 Å². The summed E-state index contributed by atoms with van der Waals surface area (Å²) in [6, 6.07) is 3.76. The number of piperidine rings is 1. The lowest BCUT2D eigenvalue weighted by atomic mass is 10.1. The maximum atomic E-state index is 12.3. The number of hydrogen-bond acceptors (Lipinski definition) is 5. The van der Waals surface area contributed by atoms with E-state index in [-0.39, 0.29) is 29.9 Å². The zero-order chi connectivity index (χ0) is 17.4. The van der Waals surface area contributed by atoms with Gasteiger partial charge in [-0.25, -0.2) is 0 Å². The van der Waals surface area contributed by atoms with Crippen LogP contribution in [0.3, 0.4) is 0 Å². The van der Waals surface area contributed by atoms with Gasteiger partial charge >= 0.3 is 0 Å². The van der Waals surface area contributed by atoms with Gasteiger partial charge in [0, 0.05) is 12.5 Å². The Hall–Kier alpha value is -2.96. The van der Waals surface area contributed by atoms with Crippen molar-refractivity contribution in [2.24, 2.45) is 0 Å². The molecule has 124 valence electrons. The lowest BCUT2D eigenvalue weighted by molar-refractivity contribution is -0.134. The summed E-state index contributed by atoms with van der Waals surface area (Å²) in [7, 11) is 0. The average Bonchev–Trinajstić information content (AvgIpc) is 2.53. The highest BCUT2D eigenvalue weighted by Gasteiger charge is 2.29. The van der Waals surface area contributed by atoms with Crippen molar-refractivity contribution in [3.8, 4) is 0 Å². The van der Waals surface area contributed by atoms with Crippen LogP contribution in [0, 0.1) is 13.8 Å². The fourth-order valence-corrected chi connectivity index (χ4v) is 2.62. The van der Waals surface area contributed by atoms with Crippen molar-refractivity contribution >= 4 is 28.7 Å². The van der Waals surface area contributed by atoms with E-state index in [2.05, 4.69) is 10.6 Å². The number of fused-ring (bicyclic) bond motifs is 1. The van der Waals surface area contributed by atoms with Crippen molar-refractivity contribution in [1.82, 2.24) is 10.6 Å². The molecule has 0 aliphatic carbocycles. The number of carbonyl (C=O) groups is 3. The Kier molecular flexibility index (Phi) is 3.92. The number of hydrogen-bond donors (Lipinski definition) is 2. The minimum atomic E-state index is -0.824. The minimum absolute atomic E-state index is 0.149. The molecule has 1 unspecified atom stereocenters. The Morgan fingerprint density at radius 2 is 2.00 bits per heavy atom.